The summed E-state index contributed by atoms with van der Waals surface area (Å²) in [4.78, 5) is 0. The molecule has 0 aromatic heterocycles. The maximum absolute atomic E-state index is 11.4. The number of benzene rings is 2. The third-order valence-electron chi connectivity index (χ3n) is 4.93. The second-order valence-corrected chi connectivity index (χ2v) is 9.17. The van der Waals surface area contributed by atoms with E-state index in [-0.39, 0.29) is 11.8 Å². The molecule has 1 aliphatic rings. The Balaban J connectivity index is 1.87. The zero-order valence-electron chi connectivity index (χ0n) is 14.1. The second kappa shape index (κ2) is 7.08. The molecule has 0 heterocycles. The van der Waals surface area contributed by atoms with E-state index in [0.29, 0.717) is 12.3 Å². The fourth-order valence-electron chi connectivity index (χ4n) is 3.56. The highest BCUT2D eigenvalue weighted by Gasteiger charge is 2.27. The number of rotatable bonds is 5. The molecule has 2 unspecified atom stereocenters. The zero-order chi connectivity index (χ0) is 17.2. The van der Waals surface area contributed by atoms with E-state index in [4.69, 9.17) is 5.73 Å². The van der Waals surface area contributed by atoms with Gasteiger partial charge in [0.15, 0.2) is 0 Å². The molecule has 0 fully saturated rings. The minimum Gasteiger partial charge on any atom is -0.327 e. The van der Waals surface area contributed by atoms with Crippen molar-refractivity contribution in [3.8, 4) is 0 Å². The quantitative estimate of drug-likeness (QED) is 0.908. The van der Waals surface area contributed by atoms with E-state index in [1.54, 1.807) is 0 Å². The Morgan fingerprint density at radius 1 is 1.08 bits per heavy atom. The molecular weight excluding hydrogens is 318 g/mol. The van der Waals surface area contributed by atoms with Gasteiger partial charge in [-0.2, -0.15) is 0 Å². The summed E-state index contributed by atoms with van der Waals surface area (Å²) in [5.74, 6) is 0.496. The first-order valence-corrected chi connectivity index (χ1v) is 10.6. The van der Waals surface area contributed by atoms with E-state index in [1.807, 2.05) is 6.07 Å². The molecule has 0 saturated heterocycles. The summed E-state index contributed by atoms with van der Waals surface area (Å²) in [6.45, 7) is 0. The number of nitrogens with two attached hydrogens (primary N) is 1. The standard InChI is InChI=1S/C20H25NO2S/c1-24(22,23)12-11-16-7-8-17-9-10-20(21)19(18(17)13-16)14-15-5-3-2-4-6-15/h2-8,13,19-20H,9-12,14,21H2,1H3. The van der Waals surface area contributed by atoms with Crippen LogP contribution in [0.5, 0.6) is 0 Å². The van der Waals surface area contributed by atoms with Crippen LogP contribution in [0.3, 0.4) is 0 Å². The van der Waals surface area contributed by atoms with E-state index < -0.39 is 9.84 Å². The van der Waals surface area contributed by atoms with Crippen molar-refractivity contribution in [2.24, 2.45) is 5.73 Å². The molecule has 3 nitrogen and oxygen atoms in total. The largest absolute Gasteiger partial charge is 0.327 e. The lowest BCUT2D eigenvalue weighted by molar-refractivity contribution is 0.467. The summed E-state index contributed by atoms with van der Waals surface area (Å²) >= 11 is 0. The smallest absolute Gasteiger partial charge is 0.147 e. The molecule has 3 rings (SSSR count). The predicted molar refractivity (Wildman–Crippen MR) is 99.0 cm³/mol. The van der Waals surface area contributed by atoms with Gasteiger partial charge in [-0.3, -0.25) is 0 Å². The van der Waals surface area contributed by atoms with Gasteiger partial charge in [0, 0.05) is 18.2 Å². The second-order valence-electron chi connectivity index (χ2n) is 6.91. The van der Waals surface area contributed by atoms with Crippen molar-refractivity contribution in [2.75, 3.05) is 12.0 Å². The molecule has 2 N–H and O–H groups in total. The average molecular weight is 343 g/mol. The molecule has 24 heavy (non-hydrogen) atoms. The Morgan fingerprint density at radius 2 is 1.83 bits per heavy atom. The van der Waals surface area contributed by atoms with Crippen LogP contribution < -0.4 is 5.73 Å². The lowest BCUT2D eigenvalue weighted by atomic mass is 9.76. The molecule has 0 bridgehead atoms. The predicted octanol–water partition coefficient (Wildman–Crippen LogP) is 2.87. The highest BCUT2D eigenvalue weighted by Crippen LogP contribution is 2.34. The molecule has 2 aromatic rings. The lowest BCUT2D eigenvalue weighted by Gasteiger charge is -2.32. The van der Waals surface area contributed by atoms with Gasteiger partial charge < -0.3 is 5.73 Å². The van der Waals surface area contributed by atoms with Crippen LogP contribution in [0.15, 0.2) is 48.5 Å². The highest BCUT2D eigenvalue weighted by molar-refractivity contribution is 7.90. The Kier molecular flexibility index (Phi) is 5.07. The van der Waals surface area contributed by atoms with Crippen LogP contribution in [-0.4, -0.2) is 26.5 Å². The molecule has 4 heteroatoms. The molecule has 0 aliphatic heterocycles. The molecular formula is C20H25NO2S. The van der Waals surface area contributed by atoms with Crippen LogP contribution in [0, 0.1) is 0 Å². The van der Waals surface area contributed by atoms with Gasteiger partial charge in [0.1, 0.15) is 9.84 Å². The summed E-state index contributed by atoms with van der Waals surface area (Å²) in [5, 5.41) is 0. The van der Waals surface area contributed by atoms with Gasteiger partial charge >= 0.3 is 0 Å². The monoisotopic (exact) mass is 343 g/mol. The maximum Gasteiger partial charge on any atom is 0.147 e. The first kappa shape index (κ1) is 17.2. The summed E-state index contributed by atoms with van der Waals surface area (Å²) in [6, 6.07) is 17.0. The number of aryl methyl sites for hydroxylation is 2. The van der Waals surface area contributed by atoms with Crippen molar-refractivity contribution in [2.45, 2.75) is 37.6 Å². The van der Waals surface area contributed by atoms with Crippen LogP contribution in [0.25, 0.3) is 0 Å². The van der Waals surface area contributed by atoms with Crippen molar-refractivity contribution < 1.29 is 8.42 Å². The Labute approximate surface area is 144 Å². The minimum absolute atomic E-state index is 0.155. The molecule has 0 spiro atoms. The van der Waals surface area contributed by atoms with Gasteiger partial charge in [-0.05, 0) is 47.9 Å². The van der Waals surface area contributed by atoms with Gasteiger partial charge in [-0.15, -0.1) is 0 Å². The topological polar surface area (TPSA) is 60.2 Å². The first-order chi connectivity index (χ1) is 11.4. The van der Waals surface area contributed by atoms with E-state index in [2.05, 4.69) is 42.5 Å². The summed E-state index contributed by atoms with van der Waals surface area (Å²) in [6.07, 6.45) is 4.81. The zero-order valence-corrected chi connectivity index (χ0v) is 14.9. The minimum atomic E-state index is -2.94. The Bertz CT molecular complexity index is 800. The third kappa shape index (κ3) is 4.25. The van der Waals surface area contributed by atoms with E-state index in [1.165, 1.54) is 22.9 Å². The van der Waals surface area contributed by atoms with Gasteiger partial charge in [0.2, 0.25) is 0 Å². The highest BCUT2D eigenvalue weighted by atomic mass is 32.2. The molecule has 2 aromatic carbocycles. The van der Waals surface area contributed by atoms with Crippen molar-refractivity contribution in [3.05, 3.63) is 70.8 Å². The Morgan fingerprint density at radius 3 is 2.54 bits per heavy atom. The number of hydrogen-bond acceptors (Lipinski definition) is 3. The average Bonchev–Trinajstić information content (AvgIpc) is 2.56. The number of sulfone groups is 1. The van der Waals surface area contributed by atoms with Crippen molar-refractivity contribution in [1.29, 1.82) is 0 Å². The number of hydrogen-bond donors (Lipinski definition) is 1. The van der Waals surface area contributed by atoms with Crippen LogP contribution >= 0.6 is 0 Å². The fourth-order valence-corrected chi connectivity index (χ4v) is 4.17. The fraction of sp³-hybridized carbons (Fsp3) is 0.400. The van der Waals surface area contributed by atoms with Crippen molar-refractivity contribution >= 4 is 9.84 Å². The summed E-state index contributed by atoms with van der Waals surface area (Å²) in [5.41, 5.74) is 11.5. The van der Waals surface area contributed by atoms with Gasteiger partial charge in [-0.1, -0.05) is 48.5 Å². The van der Waals surface area contributed by atoms with Crippen LogP contribution in [0.4, 0.5) is 0 Å². The van der Waals surface area contributed by atoms with E-state index in [9.17, 15) is 8.42 Å². The molecule has 2 atom stereocenters. The first-order valence-electron chi connectivity index (χ1n) is 8.51. The maximum atomic E-state index is 11.4. The summed E-state index contributed by atoms with van der Waals surface area (Å²) < 4.78 is 22.9. The molecule has 0 saturated carbocycles. The van der Waals surface area contributed by atoms with Crippen LogP contribution in [0.2, 0.25) is 0 Å². The Hall–Kier alpha value is -1.65. The lowest BCUT2D eigenvalue weighted by Crippen LogP contribution is -2.34. The van der Waals surface area contributed by atoms with Gasteiger partial charge in [0.05, 0.1) is 5.75 Å². The molecule has 0 amide bonds. The normalized spacial score (nSPS) is 20.6. The van der Waals surface area contributed by atoms with Crippen molar-refractivity contribution in [1.82, 2.24) is 0 Å². The van der Waals surface area contributed by atoms with Crippen LogP contribution in [0.1, 0.15) is 34.6 Å². The summed E-state index contributed by atoms with van der Waals surface area (Å²) in [7, 11) is -2.94. The van der Waals surface area contributed by atoms with Gasteiger partial charge in [0.25, 0.3) is 0 Å². The number of fused-ring (bicyclic) bond motifs is 1. The van der Waals surface area contributed by atoms with Crippen LogP contribution in [-0.2, 0) is 29.1 Å². The molecule has 128 valence electrons. The molecule has 1 aliphatic carbocycles. The molecule has 0 radical (unpaired) electrons. The third-order valence-corrected chi connectivity index (χ3v) is 5.88. The van der Waals surface area contributed by atoms with E-state index in [0.717, 1.165) is 24.8 Å². The SMILES string of the molecule is CS(=O)(=O)CCc1ccc2c(c1)C(Cc1ccccc1)C(N)CC2. The van der Waals surface area contributed by atoms with Crippen molar-refractivity contribution in [3.63, 3.8) is 0 Å². The van der Waals surface area contributed by atoms with E-state index >= 15 is 0 Å². The van der Waals surface area contributed by atoms with Gasteiger partial charge in [-0.25, -0.2) is 8.42 Å².